The monoisotopic (exact) mass is 272 g/mol. The molecule has 3 atom stereocenters. The van der Waals surface area contributed by atoms with Crippen LogP contribution in [-0.4, -0.2) is 29.1 Å². The lowest BCUT2D eigenvalue weighted by molar-refractivity contribution is -0.132. The average Bonchev–Trinajstić information content (AvgIpc) is 3.26. The SMILES string of the molecule is CCC1NC(Cc2ccccc2)C(=O)N1C(C)C1CC1. The van der Waals surface area contributed by atoms with Gasteiger partial charge in [0, 0.05) is 6.04 Å². The molecular formula is C17H24N2O. The lowest BCUT2D eigenvalue weighted by Crippen LogP contribution is -2.44. The second-order valence-corrected chi connectivity index (χ2v) is 6.16. The molecule has 108 valence electrons. The zero-order valence-electron chi connectivity index (χ0n) is 12.4. The van der Waals surface area contributed by atoms with Crippen molar-refractivity contribution in [3.8, 4) is 0 Å². The molecular weight excluding hydrogens is 248 g/mol. The third kappa shape index (κ3) is 2.59. The van der Waals surface area contributed by atoms with Gasteiger partial charge >= 0.3 is 0 Å². The minimum absolute atomic E-state index is 0.0523. The average molecular weight is 272 g/mol. The molecule has 3 unspecified atom stereocenters. The van der Waals surface area contributed by atoms with Gasteiger partial charge in [0.25, 0.3) is 0 Å². The van der Waals surface area contributed by atoms with E-state index in [-0.39, 0.29) is 12.2 Å². The molecule has 1 N–H and O–H groups in total. The maximum absolute atomic E-state index is 12.7. The van der Waals surface area contributed by atoms with Gasteiger partial charge in [-0.25, -0.2) is 0 Å². The van der Waals surface area contributed by atoms with Crippen molar-refractivity contribution in [2.24, 2.45) is 5.92 Å². The number of carbonyl (C=O) groups excluding carboxylic acids is 1. The Morgan fingerprint density at radius 1 is 1.30 bits per heavy atom. The number of amides is 1. The zero-order valence-corrected chi connectivity index (χ0v) is 12.4. The van der Waals surface area contributed by atoms with Gasteiger partial charge in [0.05, 0.1) is 12.2 Å². The summed E-state index contributed by atoms with van der Waals surface area (Å²) in [5.41, 5.74) is 1.23. The van der Waals surface area contributed by atoms with Crippen LogP contribution in [0.1, 0.15) is 38.7 Å². The van der Waals surface area contributed by atoms with Crippen LogP contribution in [0.15, 0.2) is 30.3 Å². The molecule has 0 radical (unpaired) electrons. The normalized spacial score (nSPS) is 27.9. The van der Waals surface area contributed by atoms with Crippen molar-refractivity contribution in [3.05, 3.63) is 35.9 Å². The third-order valence-corrected chi connectivity index (χ3v) is 4.69. The van der Waals surface area contributed by atoms with Crippen LogP contribution in [0.25, 0.3) is 0 Å². The minimum atomic E-state index is -0.0523. The van der Waals surface area contributed by atoms with Gasteiger partial charge in [-0.1, -0.05) is 37.3 Å². The predicted molar refractivity (Wildman–Crippen MR) is 80.2 cm³/mol. The van der Waals surface area contributed by atoms with Crippen LogP contribution in [0.2, 0.25) is 0 Å². The van der Waals surface area contributed by atoms with E-state index in [9.17, 15) is 4.79 Å². The molecule has 2 fully saturated rings. The van der Waals surface area contributed by atoms with Crippen LogP contribution >= 0.6 is 0 Å². The Hall–Kier alpha value is -1.35. The van der Waals surface area contributed by atoms with Gasteiger partial charge in [0.2, 0.25) is 5.91 Å². The first-order valence-corrected chi connectivity index (χ1v) is 7.83. The Labute approximate surface area is 121 Å². The minimum Gasteiger partial charge on any atom is -0.323 e. The molecule has 3 heteroatoms. The maximum atomic E-state index is 12.7. The van der Waals surface area contributed by atoms with Crippen LogP contribution < -0.4 is 5.32 Å². The van der Waals surface area contributed by atoms with E-state index in [1.807, 2.05) is 18.2 Å². The summed E-state index contributed by atoms with van der Waals surface area (Å²) in [6.45, 7) is 4.37. The quantitative estimate of drug-likeness (QED) is 0.893. The standard InChI is InChI=1S/C17H24N2O/c1-3-16-18-15(11-13-7-5-4-6-8-13)17(20)19(16)12(2)14-9-10-14/h4-8,12,14-16,18H,3,9-11H2,1-2H3. The number of hydrogen-bond acceptors (Lipinski definition) is 2. The second kappa shape index (κ2) is 5.57. The maximum Gasteiger partial charge on any atom is 0.241 e. The highest BCUT2D eigenvalue weighted by molar-refractivity contribution is 5.85. The van der Waals surface area contributed by atoms with Gasteiger partial charge in [-0.05, 0) is 44.1 Å². The Bertz CT molecular complexity index is 469. The molecule has 3 rings (SSSR count). The molecule has 2 aliphatic rings. The molecule has 1 heterocycles. The van der Waals surface area contributed by atoms with E-state index in [0.717, 1.165) is 18.8 Å². The van der Waals surface area contributed by atoms with E-state index in [1.54, 1.807) is 0 Å². The van der Waals surface area contributed by atoms with Crippen molar-refractivity contribution in [3.63, 3.8) is 0 Å². The van der Waals surface area contributed by atoms with Crippen molar-refractivity contribution >= 4 is 5.91 Å². The van der Waals surface area contributed by atoms with Crippen LogP contribution in [0.4, 0.5) is 0 Å². The number of carbonyl (C=O) groups is 1. The molecule has 0 bridgehead atoms. The first kappa shape index (κ1) is 13.6. The number of benzene rings is 1. The van der Waals surface area contributed by atoms with Gasteiger partial charge in [-0.15, -0.1) is 0 Å². The molecule has 0 spiro atoms. The summed E-state index contributed by atoms with van der Waals surface area (Å²) in [7, 11) is 0. The highest BCUT2D eigenvalue weighted by atomic mass is 16.2. The van der Waals surface area contributed by atoms with Crippen LogP contribution in [0, 0.1) is 5.92 Å². The molecule has 1 aromatic carbocycles. The van der Waals surface area contributed by atoms with Gasteiger partial charge in [0.15, 0.2) is 0 Å². The lowest BCUT2D eigenvalue weighted by atomic mass is 10.1. The highest BCUT2D eigenvalue weighted by Crippen LogP contribution is 2.37. The van der Waals surface area contributed by atoms with Crippen molar-refractivity contribution in [1.29, 1.82) is 0 Å². The fraction of sp³-hybridized carbons (Fsp3) is 0.588. The summed E-state index contributed by atoms with van der Waals surface area (Å²) in [6, 6.07) is 10.6. The van der Waals surface area contributed by atoms with E-state index in [2.05, 4.69) is 36.2 Å². The fourth-order valence-corrected chi connectivity index (χ4v) is 3.32. The van der Waals surface area contributed by atoms with Crippen LogP contribution in [-0.2, 0) is 11.2 Å². The molecule has 1 amide bonds. The summed E-state index contributed by atoms with van der Waals surface area (Å²) in [6.07, 6.45) is 4.56. The van der Waals surface area contributed by atoms with E-state index in [0.29, 0.717) is 11.9 Å². The first-order valence-electron chi connectivity index (χ1n) is 7.83. The summed E-state index contributed by atoms with van der Waals surface area (Å²) in [5, 5.41) is 3.53. The molecule has 1 aromatic rings. The molecule has 20 heavy (non-hydrogen) atoms. The highest BCUT2D eigenvalue weighted by Gasteiger charge is 2.44. The Balaban J connectivity index is 1.72. The number of nitrogens with zero attached hydrogens (tertiary/aromatic N) is 1. The van der Waals surface area contributed by atoms with Gasteiger partial charge in [-0.3, -0.25) is 10.1 Å². The van der Waals surface area contributed by atoms with E-state index in [4.69, 9.17) is 0 Å². The zero-order chi connectivity index (χ0) is 14.1. The number of hydrogen-bond donors (Lipinski definition) is 1. The predicted octanol–water partition coefficient (Wildman–Crippen LogP) is 2.56. The van der Waals surface area contributed by atoms with Crippen molar-refractivity contribution in [2.75, 3.05) is 0 Å². The van der Waals surface area contributed by atoms with Gasteiger partial charge < -0.3 is 4.90 Å². The number of nitrogens with one attached hydrogen (secondary N) is 1. The fourth-order valence-electron chi connectivity index (χ4n) is 3.32. The molecule has 1 saturated heterocycles. The first-order chi connectivity index (χ1) is 9.70. The molecule has 3 nitrogen and oxygen atoms in total. The van der Waals surface area contributed by atoms with Crippen molar-refractivity contribution in [1.82, 2.24) is 10.2 Å². The lowest BCUT2D eigenvalue weighted by Gasteiger charge is -2.29. The van der Waals surface area contributed by atoms with Crippen LogP contribution in [0.5, 0.6) is 0 Å². The van der Waals surface area contributed by atoms with Gasteiger partial charge in [0.1, 0.15) is 0 Å². The Morgan fingerprint density at radius 3 is 2.60 bits per heavy atom. The molecule has 1 aliphatic heterocycles. The summed E-state index contributed by atoms with van der Waals surface area (Å²) in [4.78, 5) is 14.8. The summed E-state index contributed by atoms with van der Waals surface area (Å²) in [5.74, 6) is 1.02. The Kier molecular flexibility index (Phi) is 3.79. The smallest absolute Gasteiger partial charge is 0.241 e. The van der Waals surface area contributed by atoms with E-state index in [1.165, 1.54) is 18.4 Å². The second-order valence-electron chi connectivity index (χ2n) is 6.16. The largest absolute Gasteiger partial charge is 0.323 e. The van der Waals surface area contributed by atoms with Gasteiger partial charge in [-0.2, -0.15) is 0 Å². The summed E-state index contributed by atoms with van der Waals surface area (Å²) >= 11 is 0. The molecule has 0 aromatic heterocycles. The molecule has 1 saturated carbocycles. The number of rotatable bonds is 5. The molecule has 1 aliphatic carbocycles. The summed E-state index contributed by atoms with van der Waals surface area (Å²) < 4.78 is 0. The van der Waals surface area contributed by atoms with E-state index < -0.39 is 0 Å². The van der Waals surface area contributed by atoms with E-state index >= 15 is 0 Å². The van der Waals surface area contributed by atoms with Crippen molar-refractivity contribution < 1.29 is 4.79 Å². The third-order valence-electron chi connectivity index (χ3n) is 4.69. The van der Waals surface area contributed by atoms with Crippen molar-refractivity contribution in [2.45, 2.75) is 57.8 Å². The van der Waals surface area contributed by atoms with Crippen LogP contribution in [0.3, 0.4) is 0 Å². The topological polar surface area (TPSA) is 32.3 Å². The Morgan fingerprint density at radius 2 is 2.00 bits per heavy atom.